The van der Waals surface area contributed by atoms with E-state index in [1.807, 2.05) is 23.1 Å². The molecule has 1 fully saturated rings. The van der Waals surface area contributed by atoms with Gasteiger partial charge in [0.15, 0.2) is 0 Å². The fourth-order valence-electron chi connectivity index (χ4n) is 1.68. The van der Waals surface area contributed by atoms with Gasteiger partial charge in [-0.2, -0.15) is 0 Å². The molecule has 1 amide bonds. The molecule has 0 aromatic heterocycles. The van der Waals surface area contributed by atoms with Crippen molar-refractivity contribution < 1.29 is 4.79 Å². The molecule has 1 saturated heterocycles. The molecule has 4 heteroatoms. The van der Waals surface area contributed by atoms with E-state index in [9.17, 15) is 4.79 Å². The van der Waals surface area contributed by atoms with Crippen molar-refractivity contribution in [1.82, 2.24) is 4.90 Å². The number of amides is 1. The summed E-state index contributed by atoms with van der Waals surface area (Å²) in [7, 11) is 0. The third kappa shape index (κ3) is 2.36. The molecular weight excluding hydrogens is 369 g/mol. The first-order valence-electron chi connectivity index (χ1n) is 4.82. The number of likely N-dealkylation sites (tertiary alicyclic amines) is 1. The van der Waals surface area contributed by atoms with Gasteiger partial charge in [-0.25, -0.2) is 0 Å². The summed E-state index contributed by atoms with van der Waals surface area (Å²) < 4.78 is 2.11. The standard InChI is InChI=1S/C11H11BrINO/c1-7-5-14(6-7)11(15)8-2-3-9(12)10(13)4-8/h2-4,7H,5-6H2,1H3. The Hall–Kier alpha value is -0.100. The lowest BCUT2D eigenvalue weighted by Gasteiger charge is -2.37. The van der Waals surface area contributed by atoms with Gasteiger partial charge in [0.1, 0.15) is 0 Å². The second-order valence-corrected chi connectivity index (χ2v) is 5.96. The number of carbonyl (C=O) groups is 1. The molecule has 0 spiro atoms. The molecule has 0 atom stereocenters. The molecule has 0 unspecified atom stereocenters. The Kier molecular flexibility index (Phi) is 3.35. The van der Waals surface area contributed by atoms with E-state index in [0.717, 1.165) is 26.7 Å². The topological polar surface area (TPSA) is 20.3 Å². The minimum Gasteiger partial charge on any atom is -0.338 e. The van der Waals surface area contributed by atoms with Crippen molar-refractivity contribution in [3.8, 4) is 0 Å². The molecule has 80 valence electrons. The zero-order chi connectivity index (χ0) is 11.0. The second-order valence-electron chi connectivity index (χ2n) is 3.94. The summed E-state index contributed by atoms with van der Waals surface area (Å²) in [5.41, 5.74) is 0.787. The summed E-state index contributed by atoms with van der Waals surface area (Å²) >= 11 is 5.65. The predicted octanol–water partition coefficient (Wildman–Crippen LogP) is 3.15. The van der Waals surface area contributed by atoms with Crippen LogP contribution in [0.15, 0.2) is 22.7 Å². The van der Waals surface area contributed by atoms with Crippen LogP contribution in [0.5, 0.6) is 0 Å². The van der Waals surface area contributed by atoms with Gasteiger partial charge in [-0.05, 0) is 62.6 Å². The molecule has 2 rings (SSSR count). The number of hydrogen-bond acceptors (Lipinski definition) is 1. The smallest absolute Gasteiger partial charge is 0.253 e. The number of nitrogens with zero attached hydrogens (tertiary/aromatic N) is 1. The molecule has 0 N–H and O–H groups in total. The van der Waals surface area contributed by atoms with E-state index in [-0.39, 0.29) is 5.91 Å². The Morgan fingerprint density at radius 3 is 2.73 bits per heavy atom. The molecule has 1 aromatic carbocycles. The van der Waals surface area contributed by atoms with Crippen LogP contribution in [0, 0.1) is 9.49 Å². The average Bonchev–Trinajstić information content (AvgIpc) is 2.16. The van der Waals surface area contributed by atoms with Crippen LogP contribution in [0.3, 0.4) is 0 Å². The quantitative estimate of drug-likeness (QED) is 0.686. The van der Waals surface area contributed by atoms with Crippen molar-refractivity contribution in [2.75, 3.05) is 13.1 Å². The van der Waals surface area contributed by atoms with Gasteiger partial charge in [-0.1, -0.05) is 6.92 Å². The van der Waals surface area contributed by atoms with Gasteiger partial charge in [0, 0.05) is 26.7 Å². The lowest BCUT2D eigenvalue weighted by atomic mass is 10.0. The monoisotopic (exact) mass is 379 g/mol. The van der Waals surface area contributed by atoms with Crippen LogP contribution in [0.25, 0.3) is 0 Å². The number of rotatable bonds is 1. The van der Waals surface area contributed by atoms with Gasteiger partial charge in [0.2, 0.25) is 0 Å². The highest BCUT2D eigenvalue weighted by molar-refractivity contribution is 14.1. The van der Waals surface area contributed by atoms with Gasteiger partial charge in [0.05, 0.1) is 0 Å². The Morgan fingerprint density at radius 2 is 2.20 bits per heavy atom. The van der Waals surface area contributed by atoms with E-state index >= 15 is 0 Å². The van der Waals surface area contributed by atoms with Crippen molar-refractivity contribution in [3.05, 3.63) is 31.8 Å². The van der Waals surface area contributed by atoms with Crippen molar-refractivity contribution in [2.24, 2.45) is 5.92 Å². The summed E-state index contributed by atoms with van der Waals surface area (Å²) in [4.78, 5) is 13.8. The average molecular weight is 380 g/mol. The second kappa shape index (κ2) is 4.41. The lowest BCUT2D eigenvalue weighted by Crippen LogP contribution is -2.48. The molecule has 1 aromatic rings. The maximum Gasteiger partial charge on any atom is 0.253 e. The van der Waals surface area contributed by atoms with E-state index < -0.39 is 0 Å². The SMILES string of the molecule is CC1CN(C(=O)c2ccc(Br)c(I)c2)C1. The molecule has 1 aliphatic rings. The van der Waals surface area contributed by atoms with Crippen LogP contribution >= 0.6 is 38.5 Å². The van der Waals surface area contributed by atoms with Crippen LogP contribution in [0.4, 0.5) is 0 Å². The maximum atomic E-state index is 11.9. The van der Waals surface area contributed by atoms with Crippen LogP contribution < -0.4 is 0 Å². The maximum absolute atomic E-state index is 11.9. The first kappa shape index (κ1) is 11.4. The van der Waals surface area contributed by atoms with Crippen molar-refractivity contribution >= 4 is 44.4 Å². The number of halogens is 2. The largest absolute Gasteiger partial charge is 0.338 e. The summed E-state index contributed by atoms with van der Waals surface area (Å²) in [6.07, 6.45) is 0. The fourth-order valence-corrected chi connectivity index (χ4v) is 2.44. The van der Waals surface area contributed by atoms with Gasteiger partial charge in [-0.3, -0.25) is 4.79 Å². The Bertz CT molecular complexity index is 402. The molecule has 0 saturated carbocycles. The lowest BCUT2D eigenvalue weighted by molar-refractivity contribution is 0.0530. The van der Waals surface area contributed by atoms with E-state index in [2.05, 4.69) is 45.4 Å². The summed E-state index contributed by atoms with van der Waals surface area (Å²) in [6, 6.07) is 5.73. The number of hydrogen-bond donors (Lipinski definition) is 0. The van der Waals surface area contributed by atoms with E-state index in [4.69, 9.17) is 0 Å². The van der Waals surface area contributed by atoms with Crippen LogP contribution in [-0.4, -0.2) is 23.9 Å². The molecule has 0 aliphatic carbocycles. The van der Waals surface area contributed by atoms with Gasteiger partial charge >= 0.3 is 0 Å². The van der Waals surface area contributed by atoms with Crippen molar-refractivity contribution in [3.63, 3.8) is 0 Å². The van der Waals surface area contributed by atoms with Crippen LogP contribution in [0.2, 0.25) is 0 Å². The minimum atomic E-state index is 0.151. The predicted molar refractivity (Wildman–Crippen MR) is 71.9 cm³/mol. The Labute approximate surface area is 111 Å². The highest BCUT2D eigenvalue weighted by Crippen LogP contribution is 2.23. The van der Waals surface area contributed by atoms with Gasteiger partial charge in [0.25, 0.3) is 5.91 Å². The van der Waals surface area contributed by atoms with E-state index in [1.54, 1.807) is 0 Å². The van der Waals surface area contributed by atoms with E-state index in [1.165, 1.54) is 0 Å². The first-order chi connectivity index (χ1) is 7.08. The normalized spacial score (nSPS) is 16.3. The molecule has 1 heterocycles. The third-order valence-electron chi connectivity index (χ3n) is 2.52. The summed E-state index contributed by atoms with van der Waals surface area (Å²) in [5.74, 6) is 0.807. The zero-order valence-electron chi connectivity index (χ0n) is 8.34. The highest BCUT2D eigenvalue weighted by atomic mass is 127. The number of benzene rings is 1. The Morgan fingerprint density at radius 1 is 1.53 bits per heavy atom. The van der Waals surface area contributed by atoms with Crippen molar-refractivity contribution in [1.29, 1.82) is 0 Å². The van der Waals surface area contributed by atoms with Crippen molar-refractivity contribution in [2.45, 2.75) is 6.92 Å². The third-order valence-corrected chi connectivity index (χ3v) is 4.84. The first-order valence-corrected chi connectivity index (χ1v) is 6.69. The summed E-state index contributed by atoms with van der Waals surface area (Å²) in [6.45, 7) is 3.95. The Balaban J connectivity index is 2.16. The molecule has 0 bridgehead atoms. The van der Waals surface area contributed by atoms with Gasteiger partial charge in [-0.15, -0.1) is 0 Å². The fraction of sp³-hybridized carbons (Fsp3) is 0.364. The van der Waals surface area contributed by atoms with Crippen LogP contribution in [0.1, 0.15) is 17.3 Å². The summed E-state index contributed by atoms with van der Waals surface area (Å²) in [5, 5.41) is 0. The molecule has 15 heavy (non-hydrogen) atoms. The van der Waals surface area contributed by atoms with E-state index in [0.29, 0.717) is 5.92 Å². The molecular formula is C11H11BrINO. The molecule has 0 radical (unpaired) electrons. The van der Waals surface area contributed by atoms with Crippen LogP contribution in [-0.2, 0) is 0 Å². The molecule has 2 nitrogen and oxygen atoms in total. The molecule has 1 aliphatic heterocycles. The zero-order valence-corrected chi connectivity index (χ0v) is 12.1. The minimum absolute atomic E-state index is 0.151. The highest BCUT2D eigenvalue weighted by Gasteiger charge is 2.27. The number of carbonyl (C=O) groups excluding carboxylic acids is 1. The van der Waals surface area contributed by atoms with Gasteiger partial charge < -0.3 is 4.90 Å².